The molecule has 96 valence electrons. The summed E-state index contributed by atoms with van der Waals surface area (Å²) >= 11 is 0. The number of nitrogens with zero attached hydrogens (tertiary/aromatic N) is 1. The number of fused-ring (bicyclic) bond motifs is 3. The average Bonchev–Trinajstić information content (AvgIpc) is 2.60. The third-order valence-corrected chi connectivity index (χ3v) is 5.14. The summed E-state index contributed by atoms with van der Waals surface area (Å²) < 4.78 is 0. The van der Waals surface area contributed by atoms with Crippen LogP contribution in [0.15, 0.2) is 29.4 Å². The normalized spacial score (nSPS) is 35.3. The summed E-state index contributed by atoms with van der Waals surface area (Å²) in [6, 6.07) is 8.45. The molecular formula is C16H21NO. The molecule has 1 N–H and O–H groups in total. The van der Waals surface area contributed by atoms with Crippen molar-refractivity contribution in [2.45, 2.75) is 45.4 Å². The van der Waals surface area contributed by atoms with E-state index in [-0.39, 0.29) is 10.8 Å². The minimum absolute atomic E-state index is 0.139. The van der Waals surface area contributed by atoms with Crippen LogP contribution in [0.3, 0.4) is 0 Å². The van der Waals surface area contributed by atoms with Crippen molar-refractivity contribution >= 4 is 5.71 Å². The van der Waals surface area contributed by atoms with E-state index in [1.165, 1.54) is 24.8 Å². The van der Waals surface area contributed by atoms with Gasteiger partial charge in [-0.05, 0) is 23.8 Å². The van der Waals surface area contributed by atoms with E-state index in [9.17, 15) is 5.21 Å². The van der Waals surface area contributed by atoms with Crippen LogP contribution >= 0.6 is 0 Å². The van der Waals surface area contributed by atoms with Crippen LogP contribution in [-0.2, 0) is 5.41 Å². The zero-order valence-electron chi connectivity index (χ0n) is 11.4. The third-order valence-electron chi connectivity index (χ3n) is 5.14. The molecule has 0 heterocycles. The smallest absolute Gasteiger partial charge is 0.0915 e. The Morgan fingerprint density at radius 2 is 1.89 bits per heavy atom. The van der Waals surface area contributed by atoms with Gasteiger partial charge in [0.25, 0.3) is 0 Å². The van der Waals surface area contributed by atoms with Crippen LogP contribution in [0.5, 0.6) is 0 Å². The fourth-order valence-electron chi connectivity index (χ4n) is 4.50. The highest BCUT2D eigenvalue weighted by atomic mass is 16.4. The highest BCUT2D eigenvalue weighted by Gasteiger charge is 2.55. The lowest BCUT2D eigenvalue weighted by Crippen LogP contribution is -2.44. The predicted octanol–water partition coefficient (Wildman–Crippen LogP) is 3.96. The minimum Gasteiger partial charge on any atom is -0.411 e. The van der Waals surface area contributed by atoms with Gasteiger partial charge in [-0.3, -0.25) is 0 Å². The largest absolute Gasteiger partial charge is 0.411 e. The molecule has 0 saturated heterocycles. The second-order valence-electron chi connectivity index (χ2n) is 6.72. The molecule has 0 unspecified atom stereocenters. The van der Waals surface area contributed by atoms with E-state index in [4.69, 9.17) is 0 Å². The predicted molar refractivity (Wildman–Crippen MR) is 73.2 cm³/mol. The molecule has 1 aromatic rings. The lowest BCUT2D eigenvalue weighted by molar-refractivity contribution is 0.112. The van der Waals surface area contributed by atoms with Crippen molar-refractivity contribution < 1.29 is 5.21 Å². The van der Waals surface area contributed by atoms with E-state index in [1.54, 1.807) is 0 Å². The molecule has 1 aromatic carbocycles. The zero-order chi connectivity index (χ0) is 13.0. The van der Waals surface area contributed by atoms with E-state index >= 15 is 0 Å². The summed E-state index contributed by atoms with van der Waals surface area (Å²) in [6.07, 6.45) is 3.66. The molecule has 0 bridgehead atoms. The van der Waals surface area contributed by atoms with Gasteiger partial charge in [-0.2, -0.15) is 0 Å². The van der Waals surface area contributed by atoms with E-state index in [0.717, 1.165) is 11.3 Å². The monoisotopic (exact) mass is 243 g/mol. The zero-order valence-corrected chi connectivity index (χ0v) is 11.4. The van der Waals surface area contributed by atoms with Crippen LogP contribution in [0.1, 0.15) is 51.2 Å². The molecule has 0 radical (unpaired) electrons. The summed E-state index contributed by atoms with van der Waals surface area (Å²) in [4.78, 5) is 0. The molecule has 0 aromatic heterocycles. The molecule has 2 aliphatic rings. The molecule has 0 spiro atoms. The van der Waals surface area contributed by atoms with Gasteiger partial charge in [-0.25, -0.2) is 0 Å². The van der Waals surface area contributed by atoms with Gasteiger partial charge < -0.3 is 5.21 Å². The van der Waals surface area contributed by atoms with Gasteiger partial charge in [0.1, 0.15) is 0 Å². The van der Waals surface area contributed by atoms with Crippen molar-refractivity contribution in [3.05, 3.63) is 35.4 Å². The van der Waals surface area contributed by atoms with E-state index in [0.29, 0.717) is 5.92 Å². The number of hydrogen-bond acceptors (Lipinski definition) is 2. The summed E-state index contributed by atoms with van der Waals surface area (Å²) in [7, 11) is 0. The van der Waals surface area contributed by atoms with Crippen LogP contribution in [0.25, 0.3) is 0 Å². The van der Waals surface area contributed by atoms with Crippen molar-refractivity contribution in [2.24, 2.45) is 16.5 Å². The summed E-state index contributed by atoms with van der Waals surface area (Å²) in [5.41, 5.74) is 3.77. The maximum Gasteiger partial charge on any atom is 0.0915 e. The Balaban J connectivity index is 2.26. The maximum absolute atomic E-state index is 9.49. The number of oxime groups is 1. The first kappa shape index (κ1) is 11.8. The second kappa shape index (κ2) is 3.59. The number of rotatable bonds is 0. The van der Waals surface area contributed by atoms with Crippen molar-refractivity contribution in [2.75, 3.05) is 0 Å². The number of benzene rings is 1. The Morgan fingerprint density at radius 1 is 1.17 bits per heavy atom. The lowest BCUT2D eigenvalue weighted by Gasteiger charge is -2.47. The minimum atomic E-state index is 0.139. The fourth-order valence-corrected chi connectivity index (χ4v) is 4.50. The van der Waals surface area contributed by atoms with Crippen molar-refractivity contribution in [3.63, 3.8) is 0 Å². The first-order chi connectivity index (χ1) is 8.50. The molecule has 1 saturated carbocycles. The van der Waals surface area contributed by atoms with E-state index in [1.807, 2.05) is 6.07 Å². The average molecular weight is 243 g/mol. The highest BCUT2D eigenvalue weighted by Crippen LogP contribution is 2.58. The van der Waals surface area contributed by atoms with E-state index < -0.39 is 0 Å². The first-order valence-electron chi connectivity index (χ1n) is 6.82. The van der Waals surface area contributed by atoms with Crippen molar-refractivity contribution in [1.82, 2.24) is 0 Å². The van der Waals surface area contributed by atoms with Gasteiger partial charge in [-0.15, -0.1) is 0 Å². The van der Waals surface area contributed by atoms with Crippen molar-refractivity contribution in [3.8, 4) is 0 Å². The molecule has 0 aliphatic heterocycles. The van der Waals surface area contributed by atoms with Crippen molar-refractivity contribution in [1.29, 1.82) is 0 Å². The first-order valence-corrected chi connectivity index (χ1v) is 6.82. The molecular weight excluding hydrogens is 222 g/mol. The van der Waals surface area contributed by atoms with Crippen LogP contribution in [0, 0.1) is 11.3 Å². The maximum atomic E-state index is 9.49. The van der Waals surface area contributed by atoms with Crippen LogP contribution in [0.4, 0.5) is 0 Å². The topological polar surface area (TPSA) is 32.6 Å². The Hall–Kier alpha value is -1.31. The van der Waals surface area contributed by atoms with E-state index in [2.05, 4.69) is 44.1 Å². The summed E-state index contributed by atoms with van der Waals surface area (Å²) in [5.74, 6) is 0.334. The molecule has 1 fully saturated rings. The molecule has 2 aliphatic carbocycles. The van der Waals surface area contributed by atoms with Crippen LogP contribution in [-0.4, -0.2) is 10.9 Å². The van der Waals surface area contributed by atoms with Gasteiger partial charge in [0.2, 0.25) is 0 Å². The molecule has 2 nitrogen and oxygen atoms in total. The standard InChI is InChI=1S/C16H21NO/c1-15(2)9-6-10-16(3)12-8-5-4-7-11(12)13(17-18)14(15)16/h4-5,7-8,14,18H,6,9-10H2,1-3H3/b17-13+/t14-,16-/m0/s1. The highest BCUT2D eigenvalue weighted by molar-refractivity contribution is 6.08. The molecule has 3 rings (SSSR count). The summed E-state index contributed by atoms with van der Waals surface area (Å²) in [6.45, 7) is 6.97. The fraction of sp³-hybridized carbons (Fsp3) is 0.562. The van der Waals surface area contributed by atoms with Crippen LogP contribution in [0.2, 0.25) is 0 Å². The SMILES string of the molecule is CC1(C)CCC[C@@]2(C)c3ccccc3/C(=N\O)[C@@H]12. The second-order valence-corrected chi connectivity index (χ2v) is 6.72. The quantitative estimate of drug-likeness (QED) is 0.543. The molecule has 2 heteroatoms. The van der Waals surface area contributed by atoms with Gasteiger partial charge in [0, 0.05) is 16.9 Å². The van der Waals surface area contributed by atoms with Gasteiger partial charge in [-0.1, -0.05) is 56.6 Å². The number of hydrogen-bond donors (Lipinski definition) is 1. The Kier molecular flexibility index (Phi) is 2.35. The Bertz CT molecular complexity index is 518. The molecule has 2 atom stereocenters. The third kappa shape index (κ3) is 1.32. The van der Waals surface area contributed by atoms with Gasteiger partial charge in [0.15, 0.2) is 0 Å². The lowest BCUT2D eigenvalue weighted by atomic mass is 9.56. The summed E-state index contributed by atoms with van der Waals surface area (Å²) in [5, 5.41) is 13.2. The Labute approximate surface area is 109 Å². The van der Waals surface area contributed by atoms with Gasteiger partial charge in [0.05, 0.1) is 5.71 Å². The molecule has 0 amide bonds. The Morgan fingerprint density at radius 3 is 2.61 bits per heavy atom. The van der Waals surface area contributed by atoms with Gasteiger partial charge >= 0.3 is 0 Å². The molecule has 18 heavy (non-hydrogen) atoms. The van der Waals surface area contributed by atoms with Crippen LogP contribution < -0.4 is 0 Å².